The predicted molar refractivity (Wildman–Crippen MR) is 88.8 cm³/mol. The van der Waals surface area contributed by atoms with E-state index in [4.69, 9.17) is 4.74 Å². The molecule has 3 atom stereocenters. The van der Waals surface area contributed by atoms with Gasteiger partial charge in [0, 0.05) is 12.4 Å². The molecule has 1 aromatic carbocycles. The molecule has 21 heavy (non-hydrogen) atoms. The molecule has 116 valence electrons. The monoisotopic (exact) mass is 306 g/mol. The van der Waals surface area contributed by atoms with Crippen molar-refractivity contribution in [3.63, 3.8) is 0 Å². The Balaban J connectivity index is 1.88. The summed E-state index contributed by atoms with van der Waals surface area (Å²) in [5.41, 5.74) is 2.76. The molecular formula is C18H26O2S. The molecule has 2 aliphatic heterocycles. The lowest BCUT2D eigenvalue weighted by molar-refractivity contribution is -0.129. The molecule has 3 unspecified atom stereocenters. The molecule has 3 rings (SSSR count). The lowest BCUT2D eigenvalue weighted by Gasteiger charge is -2.44. The SMILES string of the molecule is Cc1ccc(C)c(C(C)(O)C2CCOC3(CCSC3)C2)c1. The summed E-state index contributed by atoms with van der Waals surface area (Å²) in [5, 5.41) is 11.3. The number of aliphatic hydroxyl groups is 1. The van der Waals surface area contributed by atoms with Crippen molar-refractivity contribution in [2.75, 3.05) is 18.1 Å². The number of aryl methyl sites for hydroxylation is 2. The summed E-state index contributed by atoms with van der Waals surface area (Å²) in [6.45, 7) is 6.98. The summed E-state index contributed by atoms with van der Waals surface area (Å²) < 4.78 is 6.11. The Hall–Kier alpha value is -0.510. The molecule has 2 saturated heterocycles. The van der Waals surface area contributed by atoms with Gasteiger partial charge in [-0.3, -0.25) is 0 Å². The zero-order valence-corrected chi connectivity index (χ0v) is 14.1. The summed E-state index contributed by atoms with van der Waals surface area (Å²) >= 11 is 1.99. The van der Waals surface area contributed by atoms with Crippen LogP contribution >= 0.6 is 11.8 Å². The molecule has 2 heterocycles. The molecule has 3 heteroatoms. The third-order valence-corrected chi connectivity index (χ3v) is 6.52. The Morgan fingerprint density at radius 3 is 2.90 bits per heavy atom. The van der Waals surface area contributed by atoms with Gasteiger partial charge in [-0.2, -0.15) is 11.8 Å². The number of rotatable bonds is 2. The van der Waals surface area contributed by atoms with Crippen molar-refractivity contribution >= 4 is 11.8 Å². The van der Waals surface area contributed by atoms with E-state index in [9.17, 15) is 5.11 Å². The maximum absolute atomic E-state index is 11.3. The van der Waals surface area contributed by atoms with Crippen LogP contribution in [-0.4, -0.2) is 28.8 Å². The van der Waals surface area contributed by atoms with Crippen molar-refractivity contribution in [2.24, 2.45) is 5.92 Å². The van der Waals surface area contributed by atoms with Crippen LogP contribution in [0.2, 0.25) is 0 Å². The van der Waals surface area contributed by atoms with Crippen molar-refractivity contribution in [1.82, 2.24) is 0 Å². The molecule has 2 aliphatic rings. The lowest BCUT2D eigenvalue weighted by Crippen LogP contribution is -2.46. The summed E-state index contributed by atoms with van der Waals surface area (Å²) in [6.07, 6.45) is 3.07. The molecule has 0 saturated carbocycles. The third-order valence-electron chi connectivity index (χ3n) is 5.29. The fourth-order valence-corrected chi connectivity index (χ4v) is 5.25. The van der Waals surface area contributed by atoms with Gasteiger partial charge in [0.1, 0.15) is 0 Å². The number of thioether (sulfide) groups is 1. The van der Waals surface area contributed by atoms with E-state index in [2.05, 4.69) is 32.0 Å². The fraction of sp³-hybridized carbons (Fsp3) is 0.667. The first-order valence-corrected chi connectivity index (χ1v) is 9.10. The fourth-order valence-electron chi connectivity index (χ4n) is 3.87. The summed E-state index contributed by atoms with van der Waals surface area (Å²) in [5.74, 6) is 2.57. The van der Waals surface area contributed by atoms with Crippen molar-refractivity contribution in [3.8, 4) is 0 Å². The van der Waals surface area contributed by atoms with Gasteiger partial charge in [-0.15, -0.1) is 0 Å². The maximum atomic E-state index is 11.3. The number of hydrogen-bond acceptors (Lipinski definition) is 3. The van der Waals surface area contributed by atoms with Crippen LogP contribution in [0.1, 0.15) is 42.9 Å². The minimum absolute atomic E-state index is 0.0231. The van der Waals surface area contributed by atoms with Crippen LogP contribution in [0.3, 0.4) is 0 Å². The van der Waals surface area contributed by atoms with Crippen LogP contribution in [0.5, 0.6) is 0 Å². The molecule has 0 radical (unpaired) electrons. The summed E-state index contributed by atoms with van der Waals surface area (Å²) in [7, 11) is 0. The minimum atomic E-state index is -0.764. The summed E-state index contributed by atoms with van der Waals surface area (Å²) in [6, 6.07) is 6.40. The van der Waals surface area contributed by atoms with E-state index in [0.717, 1.165) is 37.2 Å². The van der Waals surface area contributed by atoms with Gasteiger partial charge in [0.05, 0.1) is 11.2 Å². The van der Waals surface area contributed by atoms with Crippen LogP contribution in [0.25, 0.3) is 0 Å². The molecule has 1 N–H and O–H groups in total. The van der Waals surface area contributed by atoms with Gasteiger partial charge >= 0.3 is 0 Å². The highest BCUT2D eigenvalue weighted by molar-refractivity contribution is 7.99. The second kappa shape index (κ2) is 5.60. The topological polar surface area (TPSA) is 29.5 Å². The van der Waals surface area contributed by atoms with Gasteiger partial charge < -0.3 is 9.84 Å². The molecule has 1 spiro atoms. The summed E-state index contributed by atoms with van der Waals surface area (Å²) in [4.78, 5) is 0. The van der Waals surface area contributed by atoms with Gasteiger partial charge in [0.2, 0.25) is 0 Å². The minimum Gasteiger partial charge on any atom is -0.385 e. The van der Waals surface area contributed by atoms with E-state index in [0.29, 0.717) is 0 Å². The average molecular weight is 306 g/mol. The van der Waals surface area contributed by atoms with Gasteiger partial charge in [-0.1, -0.05) is 23.8 Å². The Labute approximate surface area is 132 Å². The number of benzene rings is 1. The van der Waals surface area contributed by atoms with E-state index in [1.807, 2.05) is 18.7 Å². The molecule has 1 aromatic rings. The Morgan fingerprint density at radius 2 is 2.19 bits per heavy atom. The van der Waals surface area contributed by atoms with Crippen LogP contribution in [0.15, 0.2) is 18.2 Å². The molecule has 2 nitrogen and oxygen atoms in total. The van der Waals surface area contributed by atoms with Crippen LogP contribution in [0, 0.1) is 19.8 Å². The zero-order chi connectivity index (χ0) is 15.1. The Bertz CT molecular complexity index is 518. The van der Waals surface area contributed by atoms with Crippen molar-refractivity contribution in [1.29, 1.82) is 0 Å². The van der Waals surface area contributed by atoms with Gasteiger partial charge in [-0.25, -0.2) is 0 Å². The largest absolute Gasteiger partial charge is 0.385 e. The first kappa shape index (κ1) is 15.4. The van der Waals surface area contributed by atoms with E-state index in [1.165, 1.54) is 16.9 Å². The second-order valence-corrected chi connectivity index (χ2v) is 8.09. The standard InChI is InChI=1S/C18H26O2S/c1-13-4-5-14(2)16(10-13)17(3,19)15-6-8-20-18(11-15)7-9-21-12-18/h4-5,10,15,19H,6-9,11-12H2,1-3H3. The van der Waals surface area contributed by atoms with Gasteiger partial charge in [0.15, 0.2) is 0 Å². The first-order valence-electron chi connectivity index (χ1n) is 7.95. The lowest BCUT2D eigenvalue weighted by atomic mass is 9.72. The molecule has 0 aliphatic carbocycles. The Kier molecular flexibility index (Phi) is 4.10. The Morgan fingerprint density at radius 1 is 1.38 bits per heavy atom. The second-order valence-electron chi connectivity index (χ2n) is 6.99. The van der Waals surface area contributed by atoms with Crippen LogP contribution in [0.4, 0.5) is 0 Å². The molecule has 0 bridgehead atoms. The van der Waals surface area contributed by atoms with Crippen molar-refractivity contribution in [2.45, 2.75) is 51.2 Å². The molecule has 0 aromatic heterocycles. The highest BCUT2D eigenvalue weighted by Gasteiger charge is 2.46. The van der Waals surface area contributed by atoms with Gasteiger partial charge in [-0.05, 0) is 62.8 Å². The number of hydrogen-bond donors (Lipinski definition) is 1. The van der Waals surface area contributed by atoms with E-state index in [-0.39, 0.29) is 11.5 Å². The van der Waals surface area contributed by atoms with Crippen molar-refractivity contribution < 1.29 is 9.84 Å². The van der Waals surface area contributed by atoms with E-state index in [1.54, 1.807) is 0 Å². The average Bonchev–Trinajstić information content (AvgIpc) is 2.89. The third kappa shape index (κ3) is 2.88. The van der Waals surface area contributed by atoms with Crippen LogP contribution in [-0.2, 0) is 10.3 Å². The molecular weight excluding hydrogens is 280 g/mol. The van der Waals surface area contributed by atoms with E-state index >= 15 is 0 Å². The highest BCUT2D eigenvalue weighted by Crippen LogP contribution is 2.46. The normalized spacial score (nSPS) is 32.3. The maximum Gasteiger partial charge on any atom is 0.0901 e. The zero-order valence-electron chi connectivity index (χ0n) is 13.3. The highest BCUT2D eigenvalue weighted by atomic mass is 32.2. The van der Waals surface area contributed by atoms with E-state index < -0.39 is 5.60 Å². The quantitative estimate of drug-likeness (QED) is 0.901. The van der Waals surface area contributed by atoms with Crippen LogP contribution < -0.4 is 0 Å². The number of ether oxygens (including phenoxy) is 1. The smallest absolute Gasteiger partial charge is 0.0901 e. The van der Waals surface area contributed by atoms with Gasteiger partial charge in [0.25, 0.3) is 0 Å². The molecule has 2 fully saturated rings. The molecule has 0 amide bonds. The predicted octanol–water partition coefficient (Wildman–Crippen LogP) is 3.81. The first-order chi connectivity index (χ1) is 9.93. The van der Waals surface area contributed by atoms with Crippen molar-refractivity contribution in [3.05, 3.63) is 34.9 Å².